The summed E-state index contributed by atoms with van der Waals surface area (Å²) in [5.41, 5.74) is 3.62. The van der Waals surface area contributed by atoms with Crippen molar-refractivity contribution >= 4 is 34.9 Å². The number of methoxy groups -OCH3 is 2. The van der Waals surface area contributed by atoms with Crippen LogP contribution in [0.1, 0.15) is 27.8 Å². The molecule has 0 atom stereocenters. The van der Waals surface area contributed by atoms with E-state index < -0.39 is 11.7 Å². The van der Waals surface area contributed by atoms with Crippen molar-refractivity contribution in [1.29, 1.82) is 0 Å². The quantitative estimate of drug-likeness (QED) is 0.218. The van der Waals surface area contributed by atoms with Gasteiger partial charge < -0.3 is 19.7 Å². The van der Waals surface area contributed by atoms with Crippen molar-refractivity contribution in [3.05, 3.63) is 88.6 Å². The Morgan fingerprint density at radius 1 is 0.938 bits per heavy atom. The van der Waals surface area contributed by atoms with E-state index in [2.05, 4.69) is 20.1 Å². The molecule has 0 spiro atoms. The second-order valence-corrected chi connectivity index (χ2v) is 12.1. The number of hydrogen-bond donors (Lipinski definition) is 1. The van der Waals surface area contributed by atoms with Gasteiger partial charge in [-0.2, -0.15) is 18.2 Å². The molecule has 2 amide bonds. The number of likely N-dealkylation sites (N-methyl/N-ethyl adjacent to an activating group) is 1. The standard InChI is InChI=1S/C35H38F3N7O3/c1-22-7-6-8-23(2)31(22)44-21-25-19-39-33(41-32(25)45(34(44)46)29-10-9-28(47-4)18-30(29)48-5)40-27-16-24(15-26(17-27)35(36,37)38)20-43-13-11-42(3)12-14-43/h6-10,15-19H,11-14,20-21H2,1-5H3,(H,39,40,41). The van der Waals surface area contributed by atoms with Crippen molar-refractivity contribution in [3.63, 3.8) is 0 Å². The van der Waals surface area contributed by atoms with E-state index in [1.54, 1.807) is 35.4 Å². The summed E-state index contributed by atoms with van der Waals surface area (Å²) in [7, 11) is 5.06. The van der Waals surface area contributed by atoms with Crippen LogP contribution < -0.4 is 24.6 Å². The van der Waals surface area contributed by atoms with E-state index in [-0.39, 0.29) is 30.0 Å². The van der Waals surface area contributed by atoms with Gasteiger partial charge in [0.2, 0.25) is 5.95 Å². The minimum absolute atomic E-state index is 0.0458. The number of nitrogens with zero attached hydrogens (tertiary/aromatic N) is 6. The Kier molecular flexibility index (Phi) is 9.17. The summed E-state index contributed by atoms with van der Waals surface area (Å²) in [6.07, 6.45) is -2.95. The van der Waals surface area contributed by atoms with Gasteiger partial charge in [-0.3, -0.25) is 9.80 Å². The molecule has 48 heavy (non-hydrogen) atoms. The maximum atomic E-state index is 14.4. The van der Waals surface area contributed by atoms with Crippen LogP contribution in [-0.4, -0.2) is 73.2 Å². The number of piperazine rings is 1. The molecule has 3 aromatic carbocycles. The molecular formula is C35H38F3N7O3. The monoisotopic (exact) mass is 661 g/mol. The van der Waals surface area contributed by atoms with Crippen LogP contribution in [0.4, 0.5) is 46.8 Å². The van der Waals surface area contributed by atoms with Gasteiger partial charge in [0.25, 0.3) is 0 Å². The number of nitrogens with one attached hydrogen (secondary N) is 1. The lowest BCUT2D eigenvalue weighted by molar-refractivity contribution is -0.137. The highest BCUT2D eigenvalue weighted by atomic mass is 19.4. The van der Waals surface area contributed by atoms with E-state index in [1.807, 2.05) is 39.1 Å². The van der Waals surface area contributed by atoms with E-state index >= 15 is 0 Å². The average molecular weight is 662 g/mol. The molecule has 1 saturated heterocycles. The normalized spacial score (nSPS) is 15.8. The fraction of sp³-hybridized carbons (Fsp3) is 0.343. The van der Waals surface area contributed by atoms with Crippen LogP contribution in [0.15, 0.2) is 60.8 Å². The summed E-state index contributed by atoms with van der Waals surface area (Å²) in [5.74, 6) is 1.24. The van der Waals surface area contributed by atoms with Crippen LogP contribution in [0.2, 0.25) is 0 Å². The van der Waals surface area contributed by atoms with Crippen LogP contribution >= 0.6 is 0 Å². The molecule has 3 heterocycles. The number of halogens is 3. The maximum absolute atomic E-state index is 14.4. The van der Waals surface area contributed by atoms with E-state index in [1.165, 1.54) is 25.2 Å². The lowest BCUT2D eigenvalue weighted by Gasteiger charge is -2.37. The van der Waals surface area contributed by atoms with Crippen LogP contribution in [0.5, 0.6) is 11.5 Å². The molecule has 252 valence electrons. The number of urea groups is 1. The summed E-state index contributed by atoms with van der Waals surface area (Å²) in [4.78, 5) is 31.1. The number of hydrogen-bond acceptors (Lipinski definition) is 8. The predicted octanol–water partition coefficient (Wildman–Crippen LogP) is 6.90. The Bertz CT molecular complexity index is 1810. The zero-order chi connectivity index (χ0) is 34.2. The highest BCUT2D eigenvalue weighted by Crippen LogP contribution is 2.43. The van der Waals surface area contributed by atoms with Crippen LogP contribution in [0.25, 0.3) is 0 Å². The first-order valence-corrected chi connectivity index (χ1v) is 15.6. The second kappa shape index (κ2) is 13.3. The number of carbonyl (C=O) groups excluding carboxylic acids is 1. The number of amides is 2. The van der Waals surface area contributed by atoms with Crippen molar-refractivity contribution in [2.75, 3.05) is 62.6 Å². The third-order valence-electron chi connectivity index (χ3n) is 8.72. The molecule has 13 heteroatoms. The molecule has 4 aromatic rings. The van der Waals surface area contributed by atoms with Crippen LogP contribution in [-0.2, 0) is 19.3 Å². The van der Waals surface area contributed by atoms with Crippen molar-refractivity contribution in [2.45, 2.75) is 33.1 Å². The molecule has 1 fully saturated rings. The molecule has 0 saturated carbocycles. The number of aryl methyl sites for hydroxylation is 2. The number of ether oxygens (including phenoxy) is 2. The molecule has 2 aliphatic heterocycles. The summed E-state index contributed by atoms with van der Waals surface area (Å²) in [5, 5.41) is 2.99. The molecule has 10 nitrogen and oxygen atoms in total. The number of para-hydroxylation sites is 1. The van der Waals surface area contributed by atoms with Gasteiger partial charge >= 0.3 is 12.2 Å². The largest absolute Gasteiger partial charge is 0.497 e. The van der Waals surface area contributed by atoms with Crippen molar-refractivity contribution in [2.24, 2.45) is 0 Å². The molecule has 1 aromatic heterocycles. The lowest BCUT2D eigenvalue weighted by Crippen LogP contribution is -2.46. The number of benzene rings is 3. The Morgan fingerprint density at radius 2 is 1.67 bits per heavy atom. The van der Waals surface area contributed by atoms with Gasteiger partial charge in [-0.1, -0.05) is 18.2 Å². The molecule has 6 rings (SSSR count). The zero-order valence-electron chi connectivity index (χ0n) is 27.6. The zero-order valence-corrected chi connectivity index (χ0v) is 27.6. The van der Waals surface area contributed by atoms with Gasteiger partial charge in [0.1, 0.15) is 11.5 Å². The van der Waals surface area contributed by atoms with E-state index in [0.29, 0.717) is 34.9 Å². The first-order chi connectivity index (χ1) is 22.9. The molecule has 0 bridgehead atoms. The topological polar surface area (TPSA) is 86.3 Å². The van der Waals surface area contributed by atoms with E-state index in [9.17, 15) is 18.0 Å². The van der Waals surface area contributed by atoms with Gasteiger partial charge in [-0.25, -0.2) is 14.7 Å². The number of carbonyl (C=O) groups is 1. The summed E-state index contributed by atoms with van der Waals surface area (Å²) in [6, 6.07) is 14.5. The second-order valence-electron chi connectivity index (χ2n) is 12.1. The number of anilines is 5. The Labute approximate surface area is 277 Å². The maximum Gasteiger partial charge on any atom is 0.416 e. The minimum atomic E-state index is -4.55. The molecule has 1 N–H and O–H groups in total. The van der Waals surface area contributed by atoms with Gasteiger partial charge in [-0.05, 0) is 67.9 Å². The average Bonchev–Trinajstić information content (AvgIpc) is 3.05. The van der Waals surface area contributed by atoms with Gasteiger partial charge in [-0.15, -0.1) is 0 Å². The van der Waals surface area contributed by atoms with Crippen molar-refractivity contribution < 1.29 is 27.4 Å². The van der Waals surface area contributed by atoms with Crippen LogP contribution in [0.3, 0.4) is 0 Å². The third-order valence-corrected chi connectivity index (χ3v) is 8.72. The third kappa shape index (κ3) is 6.74. The Morgan fingerprint density at radius 3 is 2.33 bits per heavy atom. The summed E-state index contributed by atoms with van der Waals surface area (Å²) >= 11 is 0. The molecule has 2 aliphatic rings. The molecule has 0 unspecified atom stereocenters. The smallest absolute Gasteiger partial charge is 0.416 e. The van der Waals surface area contributed by atoms with Crippen molar-refractivity contribution in [1.82, 2.24) is 19.8 Å². The fourth-order valence-electron chi connectivity index (χ4n) is 6.22. The molecular weight excluding hydrogens is 623 g/mol. The van der Waals surface area contributed by atoms with Gasteiger partial charge in [0, 0.05) is 56.2 Å². The molecule has 0 aliphatic carbocycles. The SMILES string of the molecule is COc1ccc(N2C(=O)N(c3c(C)cccc3C)Cc3cnc(Nc4cc(CN5CCN(C)CC5)cc(C(F)(F)F)c4)nc32)c(OC)c1. The number of alkyl halides is 3. The summed E-state index contributed by atoms with van der Waals surface area (Å²) in [6.45, 7) is 7.69. The lowest BCUT2D eigenvalue weighted by atomic mass is 10.1. The minimum Gasteiger partial charge on any atom is -0.497 e. The summed E-state index contributed by atoms with van der Waals surface area (Å²) < 4.78 is 53.2. The van der Waals surface area contributed by atoms with Gasteiger partial charge in [0.05, 0.1) is 37.7 Å². The van der Waals surface area contributed by atoms with E-state index in [4.69, 9.17) is 14.5 Å². The number of aromatic nitrogens is 2. The first kappa shape index (κ1) is 33.0. The number of fused-ring (bicyclic) bond motifs is 1. The number of rotatable bonds is 8. The highest BCUT2D eigenvalue weighted by Gasteiger charge is 2.37. The highest BCUT2D eigenvalue weighted by molar-refractivity contribution is 6.11. The first-order valence-electron chi connectivity index (χ1n) is 15.6. The van der Waals surface area contributed by atoms with E-state index in [0.717, 1.165) is 49.1 Å². The Balaban J connectivity index is 1.41. The van der Waals surface area contributed by atoms with Gasteiger partial charge in [0.15, 0.2) is 5.82 Å². The fourth-order valence-corrected chi connectivity index (χ4v) is 6.22. The van der Waals surface area contributed by atoms with Crippen molar-refractivity contribution in [3.8, 4) is 11.5 Å². The van der Waals surface area contributed by atoms with Crippen LogP contribution in [0, 0.1) is 13.8 Å². The molecule has 0 radical (unpaired) electrons. The predicted molar refractivity (Wildman–Crippen MR) is 179 cm³/mol. The Hall–Kier alpha value is -4.88.